The molecule has 128 valence electrons. The Bertz CT molecular complexity index is 816. The highest BCUT2D eigenvalue weighted by Gasteiger charge is 2.10. The van der Waals surface area contributed by atoms with Crippen molar-refractivity contribution in [2.24, 2.45) is 0 Å². The van der Waals surface area contributed by atoms with Crippen LogP contribution in [-0.4, -0.2) is 31.2 Å². The molecule has 0 aliphatic heterocycles. The third kappa shape index (κ3) is 4.58. The summed E-state index contributed by atoms with van der Waals surface area (Å²) >= 11 is 1.43. The van der Waals surface area contributed by atoms with Gasteiger partial charge in [-0.1, -0.05) is 18.2 Å². The van der Waals surface area contributed by atoms with E-state index in [4.69, 9.17) is 9.47 Å². The van der Waals surface area contributed by atoms with Crippen molar-refractivity contribution in [3.8, 4) is 22.1 Å². The van der Waals surface area contributed by atoms with Gasteiger partial charge >= 0.3 is 0 Å². The van der Waals surface area contributed by atoms with Crippen molar-refractivity contribution in [2.75, 3.05) is 20.3 Å². The number of amides is 1. The van der Waals surface area contributed by atoms with Gasteiger partial charge in [-0.05, 0) is 30.3 Å². The maximum atomic E-state index is 12.2. The molecular formula is C19H18N2O3S. The molecule has 0 radical (unpaired) electrons. The van der Waals surface area contributed by atoms with Crippen molar-refractivity contribution < 1.29 is 14.3 Å². The molecule has 0 saturated carbocycles. The predicted molar refractivity (Wildman–Crippen MR) is 98.4 cm³/mol. The number of pyridine rings is 1. The first kappa shape index (κ1) is 17.0. The van der Waals surface area contributed by atoms with Gasteiger partial charge in [-0.3, -0.25) is 4.79 Å². The molecule has 1 aromatic carbocycles. The zero-order valence-corrected chi connectivity index (χ0v) is 14.6. The second-order valence-electron chi connectivity index (χ2n) is 5.17. The van der Waals surface area contributed by atoms with Crippen molar-refractivity contribution in [3.63, 3.8) is 0 Å². The molecular weight excluding hydrogens is 336 g/mol. The number of carbonyl (C=O) groups excluding carboxylic acids is 1. The molecule has 6 heteroatoms. The molecule has 2 heterocycles. The number of ether oxygens (including phenoxy) is 2. The Morgan fingerprint density at radius 2 is 1.96 bits per heavy atom. The van der Waals surface area contributed by atoms with Crippen LogP contribution in [0.1, 0.15) is 9.67 Å². The maximum Gasteiger partial charge on any atom is 0.261 e. The van der Waals surface area contributed by atoms with Crippen LogP contribution in [0, 0.1) is 0 Å². The van der Waals surface area contributed by atoms with E-state index in [0.29, 0.717) is 23.9 Å². The summed E-state index contributed by atoms with van der Waals surface area (Å²) in [7, 11) is 1.58. The number of aromatic nitrogens is 1. The summed E-state index contributed by atoms with van der Waals surface area (Å²) in [6.45, 7) is 0.876. The number of hydrogen-bond donors (Lipinski definition) is 1. The van der Waals surface area contributed by atoms with Gasteiger partial charge in [0.25, 0.3) is 5.91 Å². The standard InChI is InChI=1S/C19H18N2O3S/c1-23-18-10-7-14(13-21-18)16-8-9-17(25-16)19(22)20-11-12-24-15-5-3-2-4-6-15/h2-10,13H,11-12H2,1H3,(H,20,22). The Labute approximate surface area is 150 Å². The van der Waals surface area contributed by atoms with Gasteiger partial charge in [0.15, 0.2) is 0 Å². The molecule has 3 rings (SSSR count). The minimum absolute atomic E-state index is 0.102. The minimum atomic E-state index is -0.102. The Morgan fingerprint density at radius 3 is 2.68 bits per heavy atom. The van der Waals surface area contributed by atoms with E-state index in [-0.39, 0.29) is 5.91 Å². The molecule has 0 aliphatic rings. The van der Waals surface area contributed by atoms with E-state index in [1.165, 1.54) is 11.3 Å². The lowest BCUT2D eigenvalue weighted by molar-refractivity contribution is 0.0951. The van der Waals surface area contributed by atoms with Crippen LogP contribution in [0.4, 0.5) is 0 Å². The first-order chi connectivity index (χ1) is 12.3. The van der Waals surface area contributed by atoms with Gasteiger partial charge in [0.2, 0.25) is 5.88 Å². The van der Waals surface area contributed by atoms with Crippen molar-refractivity contribution in [2.45, 2.75) is 0 Å². The topological polar surface area (TPSA) is 60.5 Å². The highest BCUT2D eigenvalue weighted by Crippen LogP contribution is 2.28. The van der Waals surface area contributed by atoms with Gasteiger partial charge in [-0.2, -0.15) is 0 Å². The lowest BCUT2D eigenvalue weighted by Crippen LogP contribution is -2.27. The number of hydrogen-bond acceptors (Lipinski definition) is 5. The largest absolute Gasteiger partial charge is 0.492 e. The normalized spacial score (nSPS) is 10.3. The molecule has 0 saturated heterocycles. The number of nitrogens with one attached hydrogen (secondary N) is 1. The van der Waals surface area contributed by atoms with E-state index < -0.39 is 0 Å². The first-order valence-electron chi connectivity index (χ1n) is 7.82. The molecule has 1 N–H and O–H groups in total. The molecule has 0 aliphatic carbocycles. The Morgan fingerprint density at radius 1 is 1.12 bits per heavy atom. The predicted octanol–water partition coefficient (Wildman–Crippen LogP) is 3.63. The number of rotatable bonds is 7. The Kier molecular flexibility index (Phi) is 5.64. The molecule has 5 nitrogen and oxygen atoms in total. The van der Waals surface area contributed by atoms with E-state index in [1.54, 1.807) is 19.4 Å². The minimum Gasteiger partial charge on any atom is -0.492 e. The molecule has 25 heavy (non-hydrogen) atoms. The van der Waals surface area contributed by atoms with Gasteiger partial charge in [0.1, 0.15) is 12.4 Å². The summed E-state index contributed by atoms with van der Waals surface area (Å²) in [4.78, 5) is 18.0. The van der Waals surface area contributed by atoms with Crippen molar-refractivity contribution in [1.82, 2.24) is 10.3 Å². The molecule has 0 bridgehead atoms. The summed E-state index contributed by atoms with van der Waals surface area (Å²) < 4.78 is 10.6. The van der Waals surface area contributed by atoms with Crippen molar-refractivity contribution in [3.05, 3.63) is 65.7 Å². The zero-order valence-electron chi connectivity index (χ0n) is 13.8. The molecule has 0 spiro atoms. The average Bonchev–Trinajstić information content (AvgIpc) is 3.16. The molecule has 0 atom stereocenters. The van der Waals surface area contributed by atoms with Gasteiger partial charge in [0.05, 0.1) is 18.5 Å². The zero-order chi connectivity index (χ0) is 17.5. The second kappa shape index (κ2) is 8.30. The van der Waals surface area contributed by atoms with Crippen molar-refractivity contribution >= 4 is 17.2 Å². The Hall–Kier alpha value is -2.86. The van der Waals surface area contributed by atoms with Crippen LogP contribution in [0.25, 0.3) is 10.4 Å². The van der Waals surface area contributed by atoms with E-state index in [9.17, 15) is 4.79 Å². The van der Waals surface area contributed by atoms with Gasteiger partial charge in [-0.15, -0.1) is 11.3 Å². The molecule has 1 amide bonds. The monoisotopic (exact) mass is 354 g/mol. The van der Waals surface area contributed by atoms with Gasteiger partial charge < -0.3 is 14.8 Å². The highest BCUT2D eigenvalue weighted by molar-refractivity contribution is 7.17. The smallest absolute Gasteiger partial charge is 0.261 e. The fraction of sp³-hybridized carbons (Fsp3) is 0.158. The summed E-state index contributed by atoms with van der Waals surface area (Å²) in [5.41, 5.74) is 0.956. The molecule has 0 fully saturated rings. The summed E-state index contributed by atoms with van der Waals surface area (Å²) in [6, 6.07) is 17.0. The molecule has 3 aromatic rings. The number of para-hydroxylation sites is 1. The summed E-state index contributed by atoms with van der Waals surface area (Å²) in [5, 5.41) is 2.86. The SMILES string of the molecule is COc1ccc(-c2ccc(C(=O)NCCOc3ccccc3)s2)cn1. The van der Waals surface area contributed by atoms with Crippen molar-refractivity contribution in [1.29, 1.82) is 0 Å². The summed E-state index contributed by atoms with van der Waals surface area (Å²) in [5.74, 6) is 1.26. The van der Waals surface area contributed by atoms with Crippen LogP contribution in [0.15, 0.2) is 60.8 Å². The van der Waals surface area contributed by atoms with Crippen LogP contribution >= 0.6 is 11.3 Å². The number of nitrogens with zero attached hydrogens (tertiary/aromatic N) is 1. The number of carbonyl (C=O) groups is 1. The summed E-state index contributed by atoms with van der Waals surface area (Å²) in [6.07, 6.45) is 1.74. The van der Waals surface area contributed by atoms with E-state index in [0.717, 1.165) is 16.2 Å². The first-order valence-corrected chi connectivity index (χ1v) is 8.64. The average molecular weight is 354 g/mol. The molecule has 2 aromatic heterocycles. The lowest BCUT2D eigenvalue weighted by atomic mass is 10.2. The maximum absolute atomic E-state index is 12.2. The lowest BCUT2D eigenvalue weighted by Gasteiger charge is -2.06. The van der Waals surface area contributed by atoms with Crippen LogP contribution in [0.5, 0.6) is 11.6 Å². The van der Waals surface area contributed by atoms with Crippen LogP contribution in [-0.2, 0) is 0 Å². The fourth-order valence-electron chi connectivity index (χ4n) is 2.20. The van der Waals surface area contributed by atoms with Crippen LogP contribution in [0.2, 0.25) is 0 Å². The second-order valence-corrected chi connectivity index (χ2v) is 6.25. The van der Waals surface area contributed by atoms with Gasteiger partial charge in [0, 0.05) is 22.7 Å². The van der Waals surface area contributed by atoms with Gasteiger partial charge in [-0.25, -0.2) is 4.98 Å². The fourth-order valence-corrected chi connectivity index (χ4v) is 3.11. The van der Waals surface area contributed by atoms with Crippen LogP contribution < -0.4 is 14.8 Å². The number of benzene rings is 1. The van der Waals surface area contributed by atoms with Crippen LogP contribution in [0.3, 0.4) is 0 Å². The number of thiophene rings is 1. The third-order valence-corrected chi connectivity index (χ3v) is 4.59. The van der Waals surface area contributed by atoms with E-state index in [1.807, 2.05) is 48.5 Å². The third-order valence-electron chi connectivity index (χ3n) is 3.46. The quantitative estimate of drug-likeness (QED) is 0.658. The van der Waals surface area contributed by atoms with E-state index in [2.05, 4.69) is 10.3 Å². The molecule has 0 unspecified atom stereocenters. The highest BCUT2D eigenvalue weighted by atomic mass is 32.1. The number of methoxy groups -OCH3 is 1. The Balaban J connectivity index is 1.51. The van der Waals surface area contributed by atoms with E-state index >= 15 is 0 Å².